The van der Waals surface area contributed by atoms with Crippen LogP contribution in [0.15, 0.2) is 41.8 Å². The van der Waals surface area contributed by atoms with Gasteiger partial charge in [-0.15, -0.1) is 0 Å². The second kappa shape index (κ2) is 4.05. The zero-order valence-corrected chi connectivity index (χ0v) is 7.83. The van der Waals surface area contributed by atoms with Crippen molar-refractivity contribution in [1.29, 1.82) is 0 Å². The maximum absolute atomic E-state index is 5.49. The predicted octanol–water partition coefficient (Wildman–Crippen LogP) is 2.72. The van der Waals surface area contributed by atoms with E-state index in [2.05, 4.69) is 4.37 Å². The van der Waals surface area contributed by atoms with Crippen LogP contribution < -0.4 is 4.74 Å². The van der Waals surface area contributed by atoms with Crippen molar-refractivity contribution < 1.29 is 4.74 Å². The topological polar surface area (TPSA) is 22.1 Å². The summed E-state index contributed by atoms with van der Waals surface area (Å²) in [4.78, 5) is 0. The largest absolute Gasteiger partial charge is 0.487 e. The highest BCUT2D eigenvalue weighted by molar-refractivity contribution is 7.03. The molecule has 1 heterocycles. The second-order valence-electron chi connectivity index (χ2n) is 2.59. The minimum atomic E-state index is 0.549. The summed E-state index contributed by atoms with van der Waals surface area (Å²) >= 11 is 1.44. The highest BCUT2D eigenvalue weighted by Gasteiger charge is 1.95. The molecular formula is C10H9NOS. The normalized spacial score (nSPS) is 9.85. The third kappa shape index (κ3) is 2.29. The summed E-state index contributed by atoms with van der Waals surface area (Å²) in [6, 6.07) is 11.7. The van der Waals surface area contributed by atoms with Gasteiger partial charge in [0, 0.05) is 5.38 Å². The first kappa shape index (κ1) is 8.26. The molecule has 0 amide bonds. The van der Waals surface area contributed by atoms with Gasteiger partial charge >= 0.3 is 0 Å². The molecule has 0 saturated heterocycles. The predicted molar refractivity (Wildman–Crippen MR) is 52.9 cm³/mol. The smallest absolute Gasteiger partial charge is 0.131 e. The van der Waals surface area contributed by atoms with Gasteiger partial charge in [-0.25, -0.2) is 0 Å². The Balaban J connectivity index is 1.94. The monoisotopic (exact) mass is 191 g/mol. The molecule has 0 saturated carbocycles. The van der Waals surface area contributed by atoms with E-state index in [-0.39, 0.29) is 0 Å². The number of nitrogens with zero attached hydrogens (tertiary/aromatic N) is 1. The summed E-state index contributed by atoms with van der Waals surface area (Å²) in [5.41, 5.74) is 0.980. The average molecular weight is 191 g/mol. The first-order valence-electron chi connectivity index (χ1n) is 4.02. The summed E-state index contributed by atoms with van der Waals surface area (Å²) in [5, 5.41) is 1.95. The summed E-state index contributed by atoms with van der Waals surface area (Å²) in [7, 11) is 0. The van der Waals surface area contributed by atoms with E-state index in [9.17, 15) is 0 Å². The van der Waals surface area contributed by atoms with Gasteiger partial charge in [0.2, 0.25) is 0 Å². The molecule has 0 N–H and O–H groups in total. The minimum Gasteiger partial charge on any atom is -0.487 e. The van der Waals surface area contributed by atoms with Crippen molar-refractivity contribution in [3.63, 3.8) is 0 Å². The molecule has 0 atom stereocenters. The lowest BCUT2D eigenvalue weighted by atomic mass is 10.3. The molecule has 2 rings (SSSR count). The molecule has 0 bridgehead atoms. The summed E-state index contributed by atoms with van der Waals surface area (Å²) in [6.07, 6.45) is 0. The van der Waals surface area contributed by atoms with Crippen molar-refractivity contribution in [2.24, 2.45) is 0 Å². The van der Waals surface area contributed by atoms with Gasteiger partial charge in [-0.3, -0.25) is 0 Å². The van der Waals surface area contributed by atoms with Crippen LogP contribution in [0.3, 0.4) is 0 Å². The Labute approximate surface area is 81.0 Å². The van der Waals surface area contributed by atoms with Crippen LogP contribution in [0.4, 0.5) is 0 Å². The lowest BCUT2D eigenvalue weighted by molar-refractivity contribution is 0.302. The van der Waals surface area contributed by atoms with Gasteiger partial charge in [-0.05, 0) is 29.7 Å². The zero-order valence-electron chi connectivity index (χ0n) is 7.01. The Morgan fingerprint density at radius 2 is 2.00 bits per heavy atom. The van der Waals surface area contributed by atoms with Crippen molar-refractivity contribution in [1.82, 2.24) is 4.37 Å². The molecule has 0 fully saturated rings. The molecule has 2 nitrogen and oxygen atoms in total. The fourth-order valence-corrected chi connectivity index (χ4v) is 1.51. The Kier molecular flexibility index (Phi) is 2.57. The van der Waals surface area contributed by atoms with E-state index in [0.29, 0.717) is 6.61 Å². The summed E-state index contributed by atoms with van der Waals surface area (Å²) in [6.45, 7) is 0.549. The van der Waals surface area contributed by atoms with Gasteiger partial charge in [0.25, 0.3) is 0 Å². The number of aromatic nitrogens is 1. The molecule has 1 aromatic carbocycles. The number of para-hydroxylation sites is 1. The van der Waals surface area contributed by atoms with Crippen LogP contribution in [-0.2, 0) is 6.61 Å². The molecule has 3 heteroatoms. The molecule has 13 heavy (non-hydrogen) atoms. The van der Waals surface area contributed by atoms with Gasteiger partial charge in [-0.1, -0.05) is 18.2 Å². The first-order valence-corrected chi connectivity index (χ1v) is 4.86. The van der Waals surface area contributed by atoms with E-state index < -0.39 is 0 Å². The molecule has 0 spiro atoms. The Morgan fingerprint density at radius 1 is 1.15 bits per heavy atom. The molecule has 0 aliphatic rings. The molecule has 0 unspecified atom stereocenters. The van der Waals surface area contributed by atoms with Crippen molar-refractivity contribution in [2.75, 3.05) is 0 Å². The number of benzene rings is 1. The fraction of sp³-hybridized carbons (Fsp3) is 0.100. The van der Waals surface area contributed by atoms with Crippen molar-refractivity contribution in [3.05, 3.63) is 47.5 Å². The van der Waals surface area contributed by atoms with E-state index >= 15 is 0 Å². The number of ether oxygens (including phenoxy) is 1. The van der Waals surface area contributed by atoms with Crippen molar-refractivity contribution in [2.45, 2.75) is 6.61 Å². The summed E-state index contributed by atoms with van der Waals surface area (Å²) < 4.78 is 9.64. The molecule has 66 valence electrons. The highest BCUT2D eigenvalue weighted by atomic mass is 32.1. The van der Waals surface area contributed by atoms with Gasteiger partial charge in [-0.2, -0.15) is 4.37 Å². The Bertz CT molecular complexity index is 344. The van der Waals surface area contributed by atoms with E-state index in [1.165, 1.54) is 11.5 Å². The van der Waals surface area contributed by atoms with Crippen LogP contribution in [0.1, 0.15) is 5.69 Å². The SMILES string of the molecule is c1ccc(OCc2ccsn2)cc1. The third-order valence-corrected chi connectivity index (χ3v) is 2.22. The van der Waals surface area contributed by atoms with Crippen LogP contribution in [0.25, 0.3) is 0 Å². The maximum Gasteiger partial charge on any atom is 0.131 e. The van der Waals surface area contributed by atoms with Gasteiger partial charge in [0.05, 0.1) is 5.69 Å². The van der Waals surface area contributed by atoms with E-state index in [4.69, 9.17) is 4.74 Å². The van der Waals surface area contributed by atoms with Gasteiger partial charge < -0.3 is 4.74 Å². The number of hydrogen-bond donors (Lipinski definition) is 0. The standard InChI is InChI=1S/C10H9NOS/c1-2-4-10(5-3-1)12-8-9-6-7-13-11-9/h1-7H,8H2. The van der Waals surface area contributed by atoms with Crippen molar-refractivity contribution in [3.8, 4) is 5.75 Å². The molecular weight excluding hydrogens is 182 g/mol. The van der Waals surface area contributed by atoms with Crippen LogP contribution in [0.2, 0.25) is 0 Å². The average Bonchev–Trinajstić information content (AvgIpc) is 2.69. The van der Waals surface area contributed by atoms with Crippen LogP contribution in [0.5, 0.6) is 5.75 Å². The van der Waals surface area contributed by atoms with Crippen LogP contribution in [-0.4, -0.2) is 4.37 Å². The third-order valence-electron chi connectivity index (χ3n) is 1.62. The van der Waals surface area contributed by atoms with E-state index in [1.807, 2.05) is 41.8 Å². The maximum atomic E-state index is 5.49. The van der Waals surface area contributed by atoms with Gasteiger partial charge in [0.15, 0.2) is 0 Å². The minimum absolute atomic E-state index is 0.549. The van der Waals surface area contributed by atoms with Crippen LogP contribution in [0, 0.1) is 0 Å². The zero-order chi connectivity index (χ0) is 8.93. The second-order valence-corrected chi connectivity index (χ2v) is 3.26. The fourth-order valence-electron chi connectivity index (χ4n) is 0.986. The summed E-state index contributed by atoms with van der Waals surface area (Å²) in [5.74, 6) is 0.885. The lowest BCUT2D eigenvalue weighted by Gasteiger charge is -2.02. The van der Waals surface area contributed by atoms with Gasteiger partial charge in [0.1, 0.15) is 12.4 Å². The highest BCUT2D eigenvalue weighted by Crippen LogP contribution is 2.11. The molecule has 0 aliphatic carbocycles. The quantitative estimate of drug-likeness (QED) is 0.744. The lowest BCUT2D eigenvalue weighted by Crippen LogP contribution is -1.94. The van der Waals surface area contributed by atoms with Crippen molar-refractivity contribution >= 4 is 11.5 Å². The van der Waals surface area contributed by atoms with E-state index in [0.717, 1.165) is 11.4 Å². The van der Waals surface area contributed by atoms with E-state index in [1.54, 1.807) is 0 Å². The molecule has 1 aromatic heterocycles. The first-order chi connectivity index (χ1) is 6.45. The number of hydrogen-bond acceptors (Lipinski definition) is 3. The molecule has 0 radical (unpaired) electrons. The Hall–Kier alpha value is -1.35. The number of rotatable bonds is 3. The molecule has 0 aliphatic heterocycles. The van der Waals surface area contributed by atoms with Crippen LogP contribution >= 0.6 is 11.5 Å². The molecule has 2 aromatic rings. The Morgan fingerprint density at radius 3 is 2.69 bits per heavy atom.